The van der Waals surface area contributed by atoms with Gasteiger partial charge in [-0.2, -0.15) is 5.26 Å². The minimum Gasteiger partial charge on any atom is -0.506 e. The fraction of sp³-hybridized carbons (Fsp3) is 0.231. The van der Waals surface area contributed by atoms with Gasteiger partial charge in [-0.25, -0.2) is 0 Å². The first-order valence-electron chi connectivity index (χ1n) is 5.58. The van der Waals surface area contributed by atoms with Gasteiger partial charge >= 0.3 is 0 Å². The number of nitrogens with zero attached hydrogens (tertiary/aromatic N) is 1. The number of aromatic nitrogens is 1. The smallest absolute Gasteiger partial charge is 0.270 e. The fourth-order valence-electron chi connectivity index (χ4n) is 1.69. The first kappa shape index (κ1) is 12.9. The zero-order valence-electron chi connectivity index (χ0n) is 10.3. The van der Waals surface area contributed by atoms with Crippen molar-refractivity contribution < 1.29 is 14.6 Å². The largest absolute Gasteiger partial charge is 0.506 e. The van der Waals surface area contributed by atoms with E-state index in [1.807, 2.05) is 0 Å². The quantitative estimate of drug-likeness (QED) is 0.803. The number of nitriles is 1. The van der Waals surface area contributed by atoms with Crippen molar-refractivity contribution in [3.05, 3.63) is 34.1 Å². The summed E-state index contributed by atoms with van der Waals surface area (Å²) in [6.07, 6.45) is 0. The number of nitrogens with one attached hydrogen (secondary N) is 1. The van der Waals surface area contributed by atoms with Gasteiger partial charge in [-0.05, 0) is 18.2 Å². The number of benzene rings is 1. The average Bonchev–Trinajstić information content (AvgIpc) is 2.40. The van der Waals surface area contributed by atoms with Crippen LogP contribution in [0, 0.1) is 11.3 Å². The Balaban J connectivity index is 2.47. The number of aromatic hydroxyl groups is 1. The molecule has 0 saturated heterocycles. The van der Waals surface area contributed by atoms with Crippen LogP contribution in [-0.4, -0.2) is 30.4 Å². The van der Waals surface area contributed by atoms with Crippen molar-refractivity contribution in [2.45, 2.75) is 0 Å². The number of hydrogen-bond acceptors (Lipinski definition) is 5. The van der Waals surface area contributed by atoms with Crippen LogP contribution in [0.3, 0.4) is 0 Å². The zero-order valence-corrected chi connectivity index (χ0v) is 10.3. The van der Waals surface area contributed by atoms with E-state index in [0.717, 1.165) is 0 Å². The third kappa shape index (κ3) is 2.51. The third-order valence-corrected chi connectivity index (χ3v) is 2.63. The SMILES string of the molecule is COCCOc1ccc2[nH]c(=O)c(C#N)c(O)c2c1. The Bertz CT molecular complexity index is 700. The predicted octanol–water partition coefficient (Wildman–Crippen LogP) is 1.13. The molecule has 6 heteroatoms. The Hall–Kier alpha value is -2.52. The Labute approximate surface area is 108 Å². The van der Waals surface area contributed by atoms with Crippen LogP contribution in [0.2, 0.25) is 0 Å². The lowest BCUT2D eigenvalue weighted by Gasteiger charge is -2.08. The summed E-state index contributed by atoms with van der Waals surface area (Å²) >= 11 is 0. The molecule has 6 nitrogen and oxygen atoms in total. The van der Waals surface area contributed by atoms with Crippen molar-refractivity contribution in [3.63, 3.8) is 0 Å². The molecule has 0 aliphatic rings. The molecule has 0 atom stereocenters. The van der Waals surface area contributed by atoms with Gasteiger partial charge in [-0.15, -0.1) is 0 Å². The molecule has 0 aliphatic heterocycles. The summed E-state index contributed by atoms with van der Waals surface area (Å²) in [4.78, 5) is 14.0. The van der Waals surface area contributed by atoms with E-state index in [1.165, 1.54) is 0 Å². The lowest BCUT2D eigenvalue weighted by atomic mass is 10.1. The highest BCUT2D eigenvalue weighted by Crippen LogP contribution is 2.27. The molecule has 0 spiro atoms. The lowest BCUT2D eigenvalue weighted by molar-refractivity contribution is 0.146. The van der Waals surface area contributed by atoms with Gasteiger partial charge in [0.1, 0.15) is 24.2 Å². The van der Waals surface area contributed by atoms with Gasteiger partial charge in [0, 0.05) is 12.5 Å². The second kappa shape index (κ2) is 5.42. The summed E-state index contributed by atoms with van der Waals surface area (Å²) in [5, 5.41) is 19.1. The predicted molar refractivity (Wildman–Crippen MR) is 68.3 cm³/mol. The summed E-state index contributed by atoms with van der Waals surface area (Å²) in [6, 6.07) is 6.52. The molecule has 98 valence electrons. The van der Waals surface area contributed by atoms with E-state index in [1.54, 1.807) is 31.4 Å². The number of pyridine rings is 1. The van der Waals surface area contributed by atoms with Crippen molar-refractivity contribution in [1.29, 1.82) is 5.26 Å². The summed E-state index contributed by atoms with van der Waals surface area (Å²) < 4.78 is 10.3. The normalized spacial score (nSPS) is 10.3. The van der Waals surface area contributed by atoms with Gasteiger partial charge in [-0.3, -0.25) is 4.79 Å². The van der Waals surface area contributed by atoms with E-state index in [4.69, 9.17) is 14.7 Å². The van der Waals surface area contributed by atoms with Gasteiger partial charge in [0.25, 0.3) is 5.56 Å². The monoisotopic (exact) mass is 260 g/mol. The standard InChI is InChI=1S/C13H12N2O4/c1-18-4-5-19-8-2-3-11-9(6-8)12(16)10(7-14)13(17)15-11/h2-3,6H,4-5H2,1H3,(H2,15,16,17). The fourth-order valence-corrected chi connectivity index (χ4v) is 1.69. The number of methoxy groups -OCH3 is 1. The molecular formula is C13H12N2O4. The molecule has 1 heterocycles. The molecular weight excluding hydrogens is 248 g/mol. The topological polar surface area (TPSA) is 95.3 Å². The minimum atomic E-state index is -0.611. The molecule has 0 aliphatic carbocycles. The Kier molecular flexibility index (Phi) is 3.68. The second-order valence-corrected chi connectivity index (χ2v) is 3.84. The van der Waals surface area contributed by atoms with E-state index in [-0.39, 0.29) is 11.3 Å². The molecule has 2 rings (SSSR count). The number of aromatic amines is 1. The van der Waals surface area contributed by atoms with Crippen LogP contribution < -0.4 is 10.3 Å². The highest BCUT2D eigenvalue weighted by molar-refractivity contribution is 5.87. The van der Waals surface area contributed by atoms with Gasteiger partial charge in [0.2, 0.25) is 0 Å². The molecule has 0 amide bonds. The average molecular weight is 260 g/mol. The van der Waals surface area contributed by atoms with E-state index in [9.17, 15) is 9.90 Å². The molecule has 0 radical (unpaired) electrons. The van der Waals surface area contributed by atoms with Crippen LogP contribution in [0.5, 0.6) is 11.5 Å². The first-order chi connectivity index (χ1) is 9.17. The zero-order chi connectivity index (χ0) is 13.8. The van der Waals surface area contributed by atoms with Crippen LogP contribution in [0.25, 0.3) is 10.9 Å². The van der Waals surface area contributed by atoms with Crippen molar-refractivity contribution in [2.75, 3.05) is 20.3 Å². The molecule has 0 fully saturated rings. The maximum atomic E-state index is 11.5. The van der Waals surface area contributed by atoms with Crippen LogP contribution in [0.4, 0.5) is 0 Å². The van der Waals surface area contributed by atoms with Gasteiger partial charge in [0.15, 0.2) is 5.56 Å². The molecule has 2 aromatic rings. The molecule has 2 N–H and O–H groups in total. The molecule has 19 heavy (non-hydrogen) atoms. The summed E-state index contributed by atoms with van der Waals surface area (Å²) in [6.45, 7) is 0.816. The van der Waals surface area contributed by atoms with Gasteiger partial charge in [0.05, 0.1) is 12.1 Å². The van der Waals surface area contributed by atoms with Crippen molar-refractivity contribution >= 4 is 10.9 Å². The van der Waals surface area contributed by atoms with Crippen LogP contribution in [-0.2, 0) is 4.74 Å². The van der Waals surface area contributed by atoms with Crippen LogP contribution >= 0.6 is 0 Å². The van der Waals surface area contributed by atoms with E-state index >= 15 is 0 Å². The van der Waals surface area contributed by atoms with Crippen LogP contribution in [0.15, 0.2) is 23.0 Å². The summed E-state index contributed by atoms with van der Waals surface area (Å²) in [7, 11) is 1.57. The number of H-pyrrole nitrogens is 1. The highest BCUT2D eigenvalue weighted by Gasteiger charge is 2.11. The van der Waals surface area contributed by atoms with Crippen molar-refractivity contribution in [2.24, 2.45) is 0 Å². The van der Waals surface area contributed by atoms with E-state index < -0.39 is 5.56 Å². The van der Waals surface area contributed by atoms with E-state index in [0.29, 0.717) is 29.9 Å². The highest BCUT2D eigenvalue weighted by atomic mass is 16.5. The maximum Gasteiger partial charge on any atom is 0.270 e. The Morgan fingerprint density at radius 3 is 2.89 bits per heavy atom. The minimum absolute atomic E-state index is 0.304. The molecule has 1 aromatic carbocycles. The molecule has 1 aromatic heterocycles. The molecule has 0 bridgehead atoms. The van der Waals surface area contributed by atoms with Gasteiger partial charge in [-0.1, -0.05) is 0 Å². The van der Waals surface area contributed by atoms with Crippen LogP contribution in [0.1, 0.15) is 5.56 Å². The Morgan fingerprint density at radius 1 is 1.42 bits per heavy atom. The Morgan fingerprint density at radius 2 is 2.21 bits per heavy atom. The number of ether oxygens (including phenoxy) is 2. The van der Waals surface area contributed by atoms with Crippen molar-refractivity contribution in [1.82, 2.24) is 4.98 Å². The lowest BCUT2D eigenvalue weighted by Crippen LogP contribution is -2.10. The second-order valence-electron chi connectivity index (χ2n) is 3.84. The van der Waals surface area contributed by atoms with Crippen molar-refractivity contribution in [3.8, 4) is 17.6 Å². The maximum absolute atomic E-state index is 11.5. The number of hydrogen-bond donors (Lipinski definition) is 2. The molecule has 0 saturated carbocycles. The summed E-state index contributed by atoms with van der Waals surface area (Å²) in [5.41, 5.74) is -0.470. The molecule has 0 unspecified atom stereocenters. The third-order valence-electron chi connectivity index (χ3n) is 2.63. The van der Waals surface area contributed by atoms with E-state index in [2.05, 4.69) is 4.98 Å². The summed E-state index contributed by atoms with van der Waals surface area (Å²) in [5.74, 6) is 0.189. The van der Waals surface area contributed by atoms with Gasteiger partial charge < -0.3 is 19.6 Å². The number of rotatable bonds is 4. The first-order valence-corrected chi connectivity index (χ1v) is 5.58. The number of fused-ring (bicyclic) bond motifs is 1.